The number of rotatable bonds is 10. The molecule has 2 aromatic rings. The molecular formula is C23H32F3N5O2. The zero-order valence-corrected chi connectivity index (χ0v) is 19.2. The number of aromatic nitrogens is 2. The van der Waals surface area contributed by atoms with Crippen LogP contribution in [0.5, 0.6) is 0 Å². The molecule has 0 aliphatic carbocycles. The highest BCUT2D eigenvalue weighted by molar-refractivity contribution is 6.03. The second-order valence-electron chi connectivity index (χ2n) is 8.27. The Morgan fingerprint density at radius 3 is 2.48 bits per heavy atom. The van der Waals surface area contributed by atoms with Crippen molar-refractivity contribution in [3.8, 4) is 0 Å². The minimum atomic E-state index is -4.80. The van der Waals surface area contributed by atoms with Crippen molar-refractivity contribution in [2.75, 3.05) is 41.3 Å². The van der Waals surface area contributed by atoms with Crippen LogP contribution in [0, 0.1) is 0 Å². The van der Waals surface area contributed by atoms with Gasteiger partial charge in [0.25, 0.3) is 11.9 Å². The summed E-state index contributed by atoms with van der Waals surface area (Å²) in [4.78, 5) is 24.5. The third-order valence-electron chi connectivity index (χ3n) is 5.57. The summed E-state index contributed by atoms with van der Waals surface area (Å²) in [6.07, 6.45) is 3.63. The molecule has 1 aliphatic heterocycles. The number of carbonyl (C=O) groups excluding carboxylic acids is 1. The number of oxazole rings is 1. The summed E-state index contributed by atoms with van der Waals surface area (Å²) in [5.41, 5.74) is -1.02. The van der Waals surface area contributed by atoms with Crippen molar-refractivity contribution in [1.29, 1.82) is 0 Å². The number of nitrogens with zero attached hydrogens (tertiary/aromatic N) is 4. The second kappa shape index (κ2) is 11.4. The molecule has 2 aromatic heterocycles. The van der Waals surface area contributed by atoms with E-state index in [0.717, 1.165) is 63.9 Å². The number of anilines is 3. The normalized spacial score (nSPS) is 14.4. The summed E-state index contributed by atoms with van der Waals surface area (Å²) in [6, 6.07) is 3.24. The van der Waals surface area contributed by atoms with Crippen LogP contribution in [-0.4, -0.2) is 42.1 Å². The Bertz CT molecular complexity index is 892. The Hall–Kier alpha value is -2.78. The monoisotopic (exact) mass is 467 g/mol. The lowest BCUT2D eigenvalue weighted by Gasteiger charge is -2.24. The minimum absolute atomic E-state index is 0.164. The average Bonchev–Trinajstić information content (AvgIpc) is 3.26. The van der Waals surface area contributed by atoms with E-state index in [0.29, 0.717) is 13.1 Å². The summed E-state index contributed by atoms with van der Waals surface area (Å²) in [5, 5.41) is 2.47. The molecule has 1 amide bonds. The molecule has 0 radical (unpaired) electrons. The topological polar surface area (TPSA) is 74.5 Å². The molecule has 10 heteroatoms. The van der Waals surface area contributed by atoms with Gasteiger partial charge in [-0.15, -0.1) is 0 Å². The summed E-state index contributed by atoms with van der Waals surface area (Å²) in [7, 11) is 0. The first-order chi connectivity index (χ1) is 15.8. The van der Waals surface area contributed by atoms with E-state index in [1.54, 1.807) is 17.0 Å². The Labute approximate surface area is 192 Å². The summed E-state index contributed by atoms with van der Waals surface area (Å²) < 4.78 is 45.9. The number of amides is 1. The lowest BCUT2D eigenvalue weighted by Crippen LogP contribution is -2.29. The number of pyridine rings is 1. The molecule has 33 heavy (non-hydrogen) atoms. The Balaban J connectivity index is 1.74. The fourth-order valence-electron chi connectivity index (χ4n) is 3.87. The quantitative estimate of drug-likeness (QED) is 0.449. The van der Waals surface area contributed by atoms with Crippen LogP contribution in [0.15, 0.2) is 22.7 Å². The van der Waals surface area contributed by atoms with E-state index in [1.165, 1.54) is 6.20 Å². The molecule has 0 saturated carbocycles. The Morgan fingerprint density at radius 1 is 1.12 bits per heavy atom. The molecule has 1 fully saturated rings. The van der Waals surface area contributed by atoms with E-state index >= 15 is 0 Å². The summed E-state index contributed by atoms with van der Waals surface area (Å²) in [6.45, 7) is 7.08. The van der Waals surface area contributed by atoms with Crippen molar-refractivity contribution >= 4 is 23.4 Å². The molecule has 3 rings (SSSR count). The summed E-state index contributed by atoms with van der Waals surface area (Å²) >= 11 is 0. The van der Waals surface area contributed by atoms with Gasteiger partial charge < -0.3 is 19.5 Å². The molecule has 3 heterocycles. The fourth-order valence-corrected chi connectivity index (χ4v) is 3.87. The predicted octanol–water partition coefficient (Wildman–Crippen LogP) is 5.74. The van der Waals surface area contributed by atoms with E-state index in [-0.39, 0.29) is 11.7 Å². The number of hydrogen-bond acceptors (Lipinski definition) is 6. The molecule has 1 saturated heterocycles. The van der Waals surface area contributed by atoms with Gasteiger partial charge in [-0.1, -0.05) is 26.7 Å². The molecule has 0 atom stereocenters. The standard InChI is InChI=1S/C23H32F3N5O2/c1-3-5-7-13-30(12-4-2)18-11-10-17(16-27-18)28-21(32)19-20(23(24,25)26)29-22(33-19)31-14-8-6-9-15-31/h10-11,16H,3-9,12-15H2,1-2H3,(H,28,32). The van der Waals surface area contributed by atoms with Crippen molar-refractivity contribution in [3.05, 3.63) is 29.8 Å². The van der Waals surface area contributed by atoms with Crippen LogP contribution >= 0.6 is 0 Å². The maximum absolute atomic E-state index is 13.5. The molecule has 0 unspecified atom stereocenters. The molecule has 0 spiro atoms. The number of nitrogens with one attached hydrogen (secondary N) is 1. The first-order valence-corrected chi connectivity index (χ1v) is 11.7. The number of halogens is 3. The van der Waals surface area contributed by atoms with E-state index in [9.17, 15) is 18.0 Å². The lowest BCUT2D eigenvalue weighted by molar-refractivity contribution is -0.141. The number of carbonyl (C=O) groups is 1. The molecule has 1 aliphatic rings. The highest BCUT2D eigenvalue weighted by atomic mass is 19.4. The zero-order valence-electron chi connectivity index (χ0n) is 19.2. The smallest absolute Gasteiger partial charge is 0.417 e. The first-order valence-electron chi connectivity index (χ1n) is 11.7. The van der Waals surface area contributed by atoms with Gasteiger partial charge in [0.1, 0.15) is 5.82 Å². The van der Waals surface area contributed by atoms with Gasteiger partial charge in [-0.2, -0.15) is 18.2 Å². The number of piperidine rings is 1. The van der Waals surface area contributed by atoms with Gasteiger partial charge in [0.15, 0.2) is 5.69 Å². The Morgan fingerprint density at radius 2 is 1.88 bits per heavy atom. The van der Waals surface area contributed by atoms with Gasteiger partial charge in [0, 0.05) is 26.2 Å². The van der Waals surface area contributed by atoms with Gasteiger partial charge in [0.2, 0.25) is 5.76 Å². The van der Waals surface area contributed by atoms with E-state index in [2.05, 4.69) is 34.0 Å². The molecular weight excluding hydrogens is 435 g/mol. The van der Waals surface area contributed by atoms with Crippen molar-refractivity contribution < 1.29 is 22.4 Å². The third-order valence-corrected chi connectivity index (χ3v) is 5.57. The first kappa shape index (κ1) is 24.9. The second-order valence-corrected chi connectivity index (χ2v) is 8.27. The van der Waals surface area contributed by atoms with Crippen LogP contribution in [0.4, 0.5) is 30.7 Å². The largest absolute Gasteiger partial charge is 0.437 e. The van der Waals surface area contributed by atoms with Gasteiger partial charge >= 0.3 is 6.18 Å². The Kier molecular flexibility index (Phi) is 8.57. The van der Waals surface area contributed by atoms with E-state index in [1.807, 2.05) is 0 Å². The van der Waals surface area contributed by atoms with Crippen LogP contribution in [-0.2, 0) is 6.18 Å². The zero-order chi connectivity index (χ0) is 23.8. The van der Waals surface area contributed by atoms with E-state index in [4.69, 9.17) is 4.42 Å². The van der Waals surface area contributed by atoms with Crippen molar-refractivity contribution in [3.63, 3.8) is 0 Å². The molecule has 182 valence electrons. The molecule has 1 N–H and O–H groups in total. The molecule has 0 bridgehead atoms. The van der Waals surface area contributed by atoms with Gasteiger partial charge in [0.05, 0.1) is 11.9 Å². The number of hydrogen-bond donors (Lipinski definition) is 1. The average molecular weight is 468 g/mol. The van der Waals surface area contributed by atoms with Crippen molar-refractivity contribution in [1.82, 2.24) is 9.97 Å². The lowest BCUT2D eigenvalue weighted by atomic mass is 10.1. The molecule has 7 nitrogen and oxygen atoms in total. The van der Waals surface area contributed by atoms with E-state index < -0.39 is 23.5 Å². The van der Waals surface area contributed by atoms with Crippen LogP contribution in [0.2, 0.25) is 0 Å². The van der Waals surface area contributed by atoms with Crippen LogP contribution in [0.3, 0.4) is 0 Å². The highest BCUT2D eigenvalue weighted by Crippen LogP contribution is 2.35. The SMILES string of the molecule is CCCCCN(CCC)c1ccc(NC(=O)c2oc(N3CCCCC3)nc2C(F)(F)F)cn1. The maximum atomic E-state index is 13.5. The number of unbranched alkanes of at least 4 members (excludes halogenated alkanes) is 2. The highest BCUT2D eigenvalue weighted by Gasteiger charge is 2.42. The van der Waals surface area contributed by atoms with Crippen molar-refractivity contribution in [2.24, 2.45) is 0 Å². The van der Waals surface area contributed by atoms with Crippen molar-refractivity contribution in [2.45, 2.75) is 65.0 Å². The summed E-state index contributed by atoms with van der Waals surface area (Å²) in [5.74, 6) is -1.06. The fraction of sp³-hybridized carbons (Fsp3) is 0.609. The third kappa shape index (κ3) is 6.61. The van der Waals surface area contributed by atoms with Crippen LogP contribution in [0.1, 0.15) is 75.0 Å². The molecule has 0 aromatic carbocycles. The van der Waals surface area contributed by atoms with Gasteiger partial charge in [-0.05, 0) is 44.2 Å². The minimum Gasteiger partial charge on any atom is -0.417 e. The van der Waals surface area contributed by atoms with Gasteiger partial charge in [-0.3, -0.25) is 4.79 Å². The van der Waals surface area contributed by atoms with Crippen LogP contribution < -0.4 is 15.1 Å². The van der Waals surface area contributed by atoms with Crippen LogP contribution in [0.25, 0.3) is 0 Å². The number of alkyl halides is 3. The van der Waals surface area contributed by atoms with Gasteiger partial charge in [-0.25, -0.2) is 4.98 Å². The maximum Gasteiger partial charge on any atom is 0.437 e. The predicted molar refractivity (Wildman–Crippen MR) is 122 cm³/mol.